The van der Waals surface area contributed by atoms with Crippen molar-refractivity contribution in [2.75, 3.05) is 26.2 Å². The number of carbonyl (C=O) groups excluding carboxylic acids is 1. The maximum absolute atomic E-state index is 12.9. The van der Waals surface area contributed by atoms with Gasteiger partial charge in [0.2, 0.25) is 0 Å². The molecule has 2 spiro atoms. The van der Waals surface area contributed by atoms with E-state index in [0.29, 0.717) is 30.0 Å². The Kier molecular flexibility index (Phi) is 4.41. The molecule has 4 heterocycles. The van der Waals surface area contributed by atoms with Crippen LogP contribution in [0.15, 0.2) is 18.7 Å². The molecule has 35 heavy (non-hydrogen) atoms. The van der Waals surface area contributed by atoms with Crippen molar-refractivity contribution in [3.8, 4) is 0 Å². The van der Waals surface area contributed by atoms with Crippen molar-refractivity contribution in [3.05, 3.63) is 35.9 Å². The maximum Gasteiger partial charge on any atom is 0.434 e. The molecule has 2 aromatic heterocycles. The van der Waals surface area contributed by atoms with E-state index >= 15 is 0 Å². The number of likely N-dealkylation sites (tertiary alicyclic amines) is 2. The van der Waals surface area contributed by atoms with Crippen LogP contribution in [-0.2, 0) is 12.6 Å². The average Bonchev–Trinajstić information content (AvgIpc) is 3.44. The first kappa shape index (κ1) is 21.6. The van der Waals surface area contributed by atoms with Crippen LogP contribution in [0.2, 0.25) is 0 Å². The molecule has 0 unspecified atom stereocenters. The summed E-state index contributed by atoms with van der Waals surface area (Å²) in [5, 5.41) is 4.66. The second-order valence-electron chi connectivity index (χ2n) is 11.8. The molecular formula is C24H28F3N7O. The highest BCUT2D eigenvalue weighted by atomic mass is 19.4. The molecule has 11 heteroatoms. The van der Waals surface area contributed by atoms with Crippen molar-refractivity contribution in [2.45, 2.75) is 63.1 Å². The first-order chi connectivity index (χ1) is 16.7. The number of urea groups is 1. The summed E-state index contributed by atoms with van der Waals surface area (Å²) in [6.07, 6.45) is 6.67. The van der Waals surface area contributed by atoms with Crippen molar-refractivity contribution in [1.29, 1.82) is 0 Å². The summed E-state index contributed by atoms with van der Waals surface area (Å²) in [7, 11) is 0. The van der Waals surface area contributed by atoms with Crippen LogP contribution >= 0.6 is 0 Å². The predicted octanol–water partition coefficient (Wildman–Crippen LogP) is 3.68. The van der Waals surface area contributed by atoms with Gasteiger partial charge in [-0.3, -0.25) is 4.98 Å². The molecule has 8 nitrogen and oxygen atoms in total. The number of rotatable bonds is 4. The molecule has 7 rings (SSSR count). The Morgan fingerprint density at radius 1 is 0.943 bits per heavy atom. The average molecular weight is 488 g/mol. The van der Waals surface area contributed by atoms with E-state index in [1.807, 2.05) is 20.8 Å². The lowest BCUT2D eigenvalue weighted by Crippen LogP contribution is -2.71. The number of aromatic nitrogens is 5. The SMILES string of the molecule is O=C(N1CC2(CC(Cc3cnc(C(F)(F)F)cn3)C2)C1)N1CC2(CC(n3cnc(C4CC4)n3)C2)C1. The molecule has 0 atom stereocenters. The summed E-state index contributed by atoms with van der Waals surface area (Å²) in [5.41, 5.74) is 0.102. The van der Waals surface area contributed by atoms with Crippen LogP contribution in [0, 0.1) is 16.7 Å². The molecule has 2 amide bonds. The largest absolute Gasteiger partial charge is 0.434 e. The van der Waals surface area contributed by atoms with E-state index in [4.69, 9.17) is 0 Å². The van der Waals surface area contributed by atoms with Gasteiger partial charge in [-0.2, -0.15) is 18.3 Å². The van der Waals surface area contributed by atoms with Crippen LogP contribution in [-0.4, -0.2) is 66.7 Å². The number of alkyl halides is 3. The number of amides is 2. The summed E-state index contributed by atoms with van der Waals surface area (Å²) < 4.78 is 40.0. The fourth-order valence-corrected chi connectivity index (χ4v) is 6.85. The van der Waals surface area contributed by atoms with Crippen molar-refractivity contribution in [1.82, 2.24) is 34.5 Å². The van der Waals surface area contributed by atoms with Crippen molar-refractivity contribution < 1.29 is 18.0 Å². The monoisotopic (exact) mass is 487 g/mol. The van der Waals surface area contributed by atoms with E-state index in [-0.39, 0.29) is 16.9 Å². The number of nitrogens with zero attached hydrogens (tertiary/aromatic N) is 7. The lowest BCUT2D eigenvalue weighted by Gasteiger charge is -2.63. The molecular weight excluding hydrogens is 459 g/mol. The minimum Gasteiger partial charge on any atom is -0.323 e. The Morgan fingerprint density at radius 2 is 1.60 bits per heavy atom. The zero-order chi connectivity index (χ0) is 24.0. The zero-order valence-electron chi connectivity index (χ0n) is 19.4. The summed E-state index contributed by atoms with van der Waals surface area (Å²) in [4.78, 5) is 28.7. The second kappa shape index (κ2) is 7.16. The zero-order valence-corrected chi connectivity index (χ0v) is 19.4. The van der Waals surface area contributed by atoms with Crippen LogP contribution in [0.1, 0.15) is 67.7 Å². The molecule has 0 bridgehead atoms. The fourth-order valence-electron chi connectivity index (χ4n) is 6.85. The predicted molar refractivity (Wildman–Crippen MR) is 117 cm³/mol. The van der Waals surface area contributed by atoms with Gasteiger partial charge in [0.25, 0.3) is 0 Å². The van der Waals surface area contributed by atoms with Gasteiger partial charge < -0.3 is 9.80 Å². The van der Waals surface area contributed by atoms with Crippen molar-refractivity contribution >= 4 is 6.03 Å². The Balaban J connectivity index is 0.840. The minimum atomic E-state index is -4.46. The van der Waals surface area contributed by atoms with E-state index in [1.54, 1.807) is 0 Å². The Morgan fingerprint density at radius 3 is 2.17 bits per heavy atom. The van der Waals surface area contributed by atoms with E-state index in [0.717, 1.165) is 63.9 Å². The molecule has 0 N–H and O–H groups in total. The highest BCUT2D eigenvalue weighted by molar-refractivity contribution is 5.77. The number of carbonyl (C=O) groups is 1. The molecule has 2 aliphatic heterocycles. The van der Waals surface area contributed by atoms with Crippen LogP contribution in [0.3, 0.4) is 0 Å². The highest BCUT2D eigenvalue weighted by Gasteiger charge is 2.58. The van der Waals surface area contributed by atoms with Crippen LogP contribution in [0.4, 0.5) is 18.0 Å². The van der Waals surface area contributed by atoms with Gasteiger partial charge in [0.05, 0.1) is 17.9 Å². The van der Waals surface area contributed by atoms with Gasteiger partial charge >= 0.3 is 12.2 Å². The van der Waals surface area contributed by atoms with Crippen molar-refractivity contribution in [2.24, 2.45) is 16.7 Å². The third kappa shape index (κ3) is 3.69. The lowest BCUT2D eigenvalue weighted by molar-refractivity contribution is -0.141. The summed E-state index contributed by atoms with van der Waals surface area (Å²) in [6, 6.07) is 0.569. The second-order valence-corrected chi connectivity index (χ2v) is 11.8. The molecule has 0 radical (unpaired) electrons. The summed E-state index contributed by atoms with van der Waals surface area (Å²) in [6.45, 7) is 3.25. The third-order valence-corrected chi connectivity index (χ3v) is 8.76. The van der Waals surface area contributed by atoms with Gasteiger partial charge in [-0.05, 0) is 50.9 Å². The van der Waals surface area contributed by atoms with E-state index in [1.165, 1.54) is 19.0 Å². The number of halogens is 3. The molecule has 2 saturated heterocycles. The quantitative estimate of drug-likeness (QED) is 0.658. The lowest BCUT2D eigenvalue weighted by atomic mass is 9.56. The van der Waals surface area contributed by atoms with E-state index < -0.39 is 11.9 Å². The van der Waals surface area contributed by atoms with Crippen molar-refractivity contribution in [3.63, 3.8) is 0 Å². The minimum absolute atomic E-state index is 0.151. The normalized spacial score (nSPS) is 25.2. The molecule has 0 aromatic carbocycles. The number of hydrogen-bond donors (Lipinski definition) is 0. The van der Waals surface area contributed by atoms with Crippen LogP contribution in [0.25, 0.3) is 0 Å². The highest BCUT2D eigenvalue weighted by Crippen LogP contribution is 2.56. The van der Waals surface area contributed by atoms with Crippen LogP contribution < -0.4 is 0 Å². The Labute approximate surface area is 200 Å². The molecule has 186 valence electrons. The summed E-state index contributed by atoms with van der Waals surface area (Å²) >= 11 is 0. The third-order valence-electron chi connectivity index (χ3n) is 8.76. The number of hydrogen-bond acceptors (Lipinski definition) is 5. The fraction of sp³-hybridized carbons (Fsp3) is 0.708. The first-order valence-electron chi connectivity index (χ1n) is 12.5. The molecule has 3 saturated carbocycles. The Bertz CT molecular complexity index is 1130. The Hall–Kier alpha value is -2.72. The van der Waals surface area contributed by atoms with Gasteiger partial charge in [0, 0.05) is 49.1 Å². The van der Waals surface area contributed by atoms with Gasteiger partial charge in [0.1, 0.15) is 6.33 Å². The first-order valence-corrected chi connectivity index (χ1v) is 12.5. The van der Waals surface area contributed by atoms with E-state index in [2.05, 4.69) is 20.1 Å². The van der Waals surface area contributed by atoms with E-state index in [9.17, 15) is 18.0 Å². The van der Waals surface area contributed by atoms with Crippen LogP contribution in [0.5, 0.6) is 0 Å². The smallest absolute Gasteiger partial charge is 0.323 e. The molecule has 5 aliphatic rings. The molecule has 5 fully saturated rings. The van der Waals surface area contributed by atoms with Gasteiger partial charge in [-0.25, -0.2) is 19.4 Å². The maximum atomic E-state index is 12.9. The van der Waals surface area contributed by atoms with Gasteiger partial charge in [-0.15, -0.1) is 0 Å². The topological polar surface area (TPSA) is 80.0 Å². The standard InChI is InChI=1S/C24H28F3N7O/c25-24(26,27)19-9-28-17(8-29-19)3-15-4-22(5-15)10-32(11-22)21(35)33-12-23(13-33)6-18(7-23)34-14-30-20(31-34)16-1-2-16/h8-9,14-16,18H,1-7,10-13H2. The van der Waals surface area contributed by atoms with Gasteiger partial charge in [0.15, 0.2) is 11.5 Å². The van der Waals surface area contributed by atoms with Gasteiger partial charge in [-0.1, -0.05) is 0 Å². The summed E-state index contributed by atoms with van der Waals surface area (Å²) in [5.74, 6) is 1.97. The molecule has 2 aromatic rings. The molecule has 3 aliphatic carbocycles.